The van der Waals surface area contributed by atoms with Crippen molar-refractivity contribution < 1.29 is 13.9 Å². The van der Waals surface area contributed by atoms with E-state index in [1.54, 1.807) is 25.4 Å². The van der Waals surface area contributed by atoms with E-state index < -0.39 is 5.82 Å². The number of nitrogens with zero attached hydrogens (tertiary/aromatic N) is 2. The Bertz CT molecular complexity index is 804. The first-order chi connectivity index (χ1) is 10.7. The van der Waals surface area contributed by atoms with Crippen LogP contribution in [0, 0.1) is 5.82 Å². The Kier molecular flexibility index (Phi) is 4.02. The van der Waals surface area contributed by atoms with E-state index in [2.05, 4.69) is 9.97 Å². The van der Waals surface area contributed by atoms with Crippen LogP contribution >= 0.6 is 11.3 Å². The molecule has 0 aliphatic carbocycles. The number of ether oxygens (including phenoxy) is 2. The van der Waals surface area contributed by atoms with Crippen LogP contribution in [0.3, 0.4) is 0 Å². The van der Waals surface area contributed by atoms with Crippen molar-refractivity contribution in [1.29, 1.82) is 0 Å². The molecule has 0 amide bonds. The molecule has 0 saturated carbocycles. The van der Waals surface area contributed by atoms with Crippen LogP contribution in [0.1, 0.15) is 0 Å². The number of hydrogen-bond donors (Lipinski definition) is 0. The smallest absolute Gasteiger partial charge is 0.213 e. The first-order valence-corrected chi connectivity index (χ1v) is 7.39. The molecular formula is C16H13FN2O2S. The number of hydrogen-bond acceptors (Lipinski definition) is 5. The van der Waals surface area contributed by atoms with E-state index in [4.69, 9.17) is 9.47 Å². The molecule has 0 atom stereocenters. The molecule has 0 aliphatic heterocycles. The number of halogens is 1. The minimum absolute atomic E-state index is 0.220. The Morgan fingerprint density at radius 2 is 1.91 bits per heavy atom. The maximum absolute atomic E-state index is 13.8. The van der Waals surface area contributed by atoms with Crippen molar-refractivity contribution in [1.82, 2.24) is 9.97 Å². The van der Waals surface area contributed by atoms with Gasteiger partial charge in [-0.1, -0.05) is 0 Å². The van der Waals surface area contributed by atoms with Crippen LogP contribution in [0.5, 0.6) is 11.6 Å². The third-order valence-electron chi connectivity index (χ3n) is 3.14. The summed E-state index contributed by atoms with van der Waals surface area (Å²) in [6.07, 6.45) is 1.67. The molecule has 2 aromatic heterocycles. The average Bonchev–Trinajstić information content (AvgIpc) is 3.05. The van der Waals surface area contributed by atoms with Gasteiger partial charge in [-0.25, -0.2) is 14.4 Å². The van der Waals surface area contributed by atoms with Gasteiger partial charge in [-0.15, -0.1) is 11.3 Å². The highest BCUT2D eigenvalue weighted by molar-refractivity contribution is 7.13. The highest BCUT2D eigenvalue weighted by atomic mass is 32.1. The number of thiazole rings is 1. The van der Waals surface area contributed by atoms with E-state index in [9.17, 15) is 4.39 Å². The van der Waals surface area contributed by atoms with E-state index in [1.807, 2.05) is 17.5 Å². The molecule has 0 N–H and O–H groups in total. The number of aromatic nitrogens is 2. The summed E-state index contributed by atoms with van der Waals surface area (Å²) in [7, 11) is 3.01. The van der Waals surface area contributed by atoms with Gasteiger partial charge in [0.15, 0.2) is 11.6 Å². The van der Waals surface area contributed by atoms with Crippen LogP contribution in [0.25, 0.3) is 21.8 Å². The predicted molar refractivity (Wildman–Crippen MR) is 83.8 cm³/mol. The van der Waals surface area contributed by atoms with Gasteiger partial charge in [-0.05, 0) is 24.3 Å². The van der Waals surface area contributed by atoms with Gasteiger partial charge < -0.3 is 9.47 Å². The molecule has 0 spiro atoms. The highest BCUT2D eigenvalue weighted by Gasteiger charge is 2.10. The highest BCUT2D eigenvalue weighted by Crippen LogP contribution is 2.31. The van der Waals surface area contributed by atoms with Crippen molar-refractivity contribution in [3.8, 4) is 33.5 Å². The van der Waals surface area contributed by atoms with Crippen molar-refractivity contribution in [3.63, 3.8) is 0 Å². The Balaban J connectivity index is 1.94. The van der Waals surface area contributed by atoms with Gasteiger partial charge in [0.1, 0.15) is 5.01 Å². The zero-order valence-corrected chi connectivity index (χ0v) is 12.9. The summed E-state index contributed by atoms with van der Waals surface area (Å²) >= 11 is 1.48. The summed E-state index contributed by atoms with van der Waals surface area (Å²) < 4.78 is 23.8. The third-order valence-corrected chi connectivity index (χ3v) is 4.03. The van der Waals surface area contributed by atoms with E-state index >= 15 is 0 Å². The second kappa shape index (κ2) is 6.11. The second-order valence-corrected chi connectivity index (χ2v) is 5.33. The molecule has 2 heterocycles. The van der Waals surface area contributed by atoms with E-state index in [1.165, 1.54) is 24.5 Å². The number of rotatable bonds is 4. The fourth-order valence-electron chi connectivity index (χ4n) is 2.02. The minimum atomic E-state index is -0.403. The second-order valence-electron chi connectivity index (χ2n) is 4.47. The molecule has 0 radical (unpaired) electrons. The van der Waals surface area contributed by atoms with E-state index in [-0.39, 0.29) is 5.75 Å². The van der Waals surface area contributed by atoms with Gasteiger partial charge in [0.05, 0.1) is 19.9 Å². The van der Waals surface area contributed by atoms with E-state index in [0.717, 1.165) is 16.3 Å². The Hall–Kier alpha value is -2.47. The van der Waals surface area contributed by atoms with Crippen LogP contribution in [-0.2, 0) is 0 Å². The lowest BCUT2D eigenvalue weighted by molar-refractivity contribution is 0.386. The topological polar surface area (TPSA) is 44.2 Å². The molecule has 0 fully saturated rings. The fraction of sp³-hybridized carbons (Fsp3) is 0.125. The van der Waals surface area contributed by atoms with Gasteiger partial charge in [-0.3, -0.25) is 0 Å². The number of pyridine rings is 1. The van der Waals surface area contributed by atoms with Crippen molar-refractivity contribution in [3.05, 3.63) is 47.7 Å². The monoisotopic (exact) mass is 316 g/mol. The summed E-state index contributed by atoms with van der Waals surface area (Å²) in [4.78, 5) is 8.62. The maximum Gasteiger partial charge on any atom is 0.213 e. The maximum atomic E-state index is 13.8. The average molecular weight is 316 g/mol. The third kappa shape index (κ3) is 2.78. The van der Waals surface area contributed by atoms with Crippen LogP contribution in [0.15, 0.2) is 41.9 Å². The fourth-order valence-corrected chi connectivity index (χ4v) is 2.84. The molecule has 3 rings (SSSR count). The summed E-state index contributed by atoms with van der Waals surface area (Å²) in [6, 6.07) is 8.48. The summed E-state index contributed by atoms with van der Waals surface area (Å²) in [5, 5.41) is 2.72. The zero-order valence-electron chi connectivity index (χ0n) is 12.0. The summed E-state index contributed by atoms with van der Waals surface area (Å²) in [6.45, 7) is 0. The summed E-state index contributed by atoms with van der Waals surface area (Å²) in [5.41, 5.74) is 2.34. The predicted octanol–water partition coefficient (Wildman–Crippen LogP) is 4.03. The van der Waals surface area contributed by atoms with Crippen molar-refractivity contribution in [2.75, 3.05) is 14.2 Å². The lowest BCUT2D eigenvalue weighted by Gasteiger charge is -2.03. The molecule has 0 bridgehead atoms. The summed E-state index contributed by atoms with van der Waals surface area (Å²) in [5.74, 6) is 0.350. The lowest BCUT2D eigenvalue weighted by atomic mass is 10.1. The molecule has 0 aliphatic rings. The molecule has 112 valence electrons. The van der Waals surface area contributed by atoms with Crippen LogP contribution in [0.4, 0.5) is 4.39 Å². The van der Waals surface area contributed by atoms with Crippen LogP contribution in [0.2, 0.25) is 0 Å². The Morgan fingerprint density at radius 1 is 1.05 bits per heavy atom. The van der Waals surface area contributed by atoms with Gasteiger partial charge in [0.25, 0.3) is 0 Å². The first kappa shape index (κ1) is 14.5. The molecular weight excluding hydrogens is 303 g/mol. The largest absolute Gasteiger partial charge is 0.494 e. The van der Waals surface area contributed by atoms with E-state index in [0.29, 0.717) is 11.4 Å². The number of benzene rings is 1. The van der Waals surface area contributed by atoms with Gasteiger partial charge >= 0.3 is 0 Å². The van der Waals surface area contributed by atoms with Crippen molar-refractivity contribution in [2.24, 2.45) is 0 Å². The molecule has 22 heavy (non-hydrogen) atoms. The van der Waals surface area contributed by atoms with Gasteiger partial charge in [-0.2, -0.15) is 0 Å². The molecule has 3 aromatic rings. The van der Waals surface area contributed by atoms with Crippen molar-refractivity contribution >= 4 is 11.3 Å². The standard InChI is InChI=1S/C16H13FN2O2S/c1-20-14-4-3-10(7-12(14)17)13-9-22-16(19-13)11-5-6-18-15(8-11)21-2/h3-9H,1-2H3. The SMILES string of the molecule is COc1cc(-c2nc(-c3ccc(OC)c(F)c3)cs2)ccn1. The quantitative estimate of drug-likeness (QED) is 0.729. The normalized spacial score (nSPS) is 10.5. The lowest BCUT2D eigenvalue weighted by Crippen LogP contribution is -1.89. The Morgan fingerprint density at radius 3 is 2.64 bits per heavy atom. The molecule has 0 unspecified atom stereocenters. The zero-order chi connectivity index (χ0) is 15.5. The molecule has 0 saturated heterocycles. The molecule has 1 aromatic carbocycles. The van der Waals surface area contributed by atoms with Crippen molar-refractivity contribution in [2.45, 2.75) is 0 Å². The molecule has 6 heteroatoms. The van der Waals surface area contributed by atoms with Gasteiger partial charge in [0, 0.05) is 28.8 Å². The number of methoxy groups -OCH3 is 2. The van der Waals surface area contributed by atoms with Crippen LogP contribution in [-0.4, -0.2) is 24.2 Å². The Labute approximate surface area is 131 Å². The van der Waals surface area contributed by atoms with Gasteiger partial charge in [0.2, 0.25) is 5.88 Å². The first-order valence-electron chi connectivity index (χ1n) is 6.51. The molecule has 4 nitrogen and oxygen atoms in total. The minimum Gasteiger partial charge on any atom is -0.494 e. The van der Waals surface area contributed by atoms with Crippen LogP contribution < -0.4 is 9.47 Å².